The molecule has 1 unspecified atom stereocenters. The van der Waals surface area contributed by atoms with Gasteiger partial charge in [0.2, 0.25) is 5.91 Å². The zero-order valence-corrected chi connectivity index (χ0v) is 9.08. The molecule has 3 heteroatoms. The molecule has 15 heavy (non-hydrogen) atoms. The lowest BCUT2D eigenvalue weighted by Crippen LogP contribution is -2.24. The normalized spacial score (nSPS) is 20.4. The minimum Gasteiger partial charge on any atom is -0.310 e. The summed E-state index contributed by atoms with van der Waals surface area (Å²) in [5.74, 6) is 2.74. The topological polar surface area (TPSA) is 20.3 Å². The zero-order valence-electron chi connectivity index (χ0n) is 8.18. The Kier molecular flexibility index (Phi) is 2.70. The lowest BCUT2D eigenvalue weighted by Gasteiger charge is -2.17. The van der Waals surface area contributed by atoms with Crippen LogP contribution in [0.3, 0.4) is 0 Å². The van der Waals surface area contributed by atoms with Gasteiger partial charge in [0, 0.05) is 23.8 Å². The molecule has 0 spiro atoms. The number of benzene rings is 1. The lowest BCUT2D eigenvalue weighted by molar-refractivity contribution is -0.117. The predicted molar refractivity (Wildman–Crippen MR) is 63.0 cm³/mol. The number of hydrogen-bond acceptors (Lipinski definition) is 2. The quantitative estimate of drug-likeness (QED) is 0.563. The van der Waals surface area contributed by atoms with Gasteiger partial charge in [0.05, 0.1) is 5.69 Å². The second kappa shape index (κ2) is 4.00. The van der Waals surface area contributed by atoms with Crippen molar-refractivity contribution in [3.63, 3.8) is 0 Å². The van der Waals surface area contributed by atoms with E-state index in [1.165, 1.54) is 0 Å². The Labute approximate surface area is 94.7 Å². The molecule has 1 heterocycles. The summed E-state index contributed by atoms with van der Waals surface area (Å²) >= 11 is 4.33. The maximum atomic E-state index is 11.7. The van der Waals surface area contributed by atoms with E-state index >= 15 is 0 Å². The van der Waals surface area contributed by atoms with E-state index in [4.69, 9.17) is 6.42 Å². The molecule has 1 saturated heterocycles. The number of amides is 1. The Morgan fingerprint density at radius 2 is 2.20 bits per heavy atom. The van der Waals surface area contributed by atoms with Crippen molar-refractivity contribution < 1.29 is 4.79 Å². The van der Waals surface area contributed by atoms with Crippen LogP contribution in [0.25, 0.3) is 0 Å². The molecule has 1 aliphatic heterocycles. The largest absolute Gasteiger partial charge is 0.310 e. The summed E-state index contributed by atoms with van der Waals surface area (Å²) in [6, 6.07) is 7.55. The molecule has 0 aliphatic carbocycles. The van der Waals surface area contributed by atoms with Gasteiger partial charge in [-0.25, -0.2) is 0 Å². The zero-order chi connectivity index (χ0) is 10.8. The van der Waals surface area contributed by atoms with E-state index in [0.717, 1.165) is 10.6 Å². The highest BCUT2D eigenvalue weighted by Gasteiger charge is 2.29. The molecule has 0 bridgehead atoms. The van der Waals surface area contributed by atoms with Crippen LogP contribution >= 0.6 is 12.6 Å². The van der Waals surface area contributed by atoms with Crippen molar-refractivity contribution in [3.05, 3.63) is 24.3 Å². The first-order valence-electron chi connectivity index (χ1n) is 4.77. The minimum atomic E-state index is 0.0328. The standard InChI is InChI=1S/C12H11NOS/c1-2-9-7-12(14)13(8-9)10-5-3-4-6-11(10)15/h1,3-6,9,15H,7-8H2. The Morgan fingerprint density at radius 1 is 1.47 bits per heavy atom. The van der Waals surface area contributed by atoms with Crippen molar-refractivity contribution in [1.82, 2.24) is 0 Å². The molecule has 1 amide bonds. The van der Waals surface area contributed by atoms with E-state index < -0.39 is 0 Å². The summed E-state index contributed by atoms with van der Waals surface area (Å²) in [4.78, 5) is 14.2. The Hall–Kier alpha value is -1.40. The molecule has 1 aromatic carbocycles. The van der Waals surface area contributed by atoms with Crippen molar-refractivity contribution >= 4 is 24.2 Å². The van der Waals surface area contributed by atoms with Crippen molar-refractivity contribution in [2.75, 3.05) is 11.4 Å². The van der Waals surface area contributed by atoms with Crippen molar-refractivity contribution in [2.24, 2.45) is 5.92 Å². The molecular weight excluding hydrogens is 206 g/mol. The monoisotopic (exact) mass is 217 g/mol. The van der Waals surface area contributed by atoms with Gasteiger partial charge in [-0.05, 0) is 12.1 Å². The van der Waals surface area contributed by atoms with E-state index in [1.54, 1.807) is 4.90 Å². The van der Waals surface area contributed by atoms with Crippen molar-refractivity contribution in [1.29, 1.82) is 0 Å². The minimum absolute atomic E-state index is 0.0328. The summed E-state index contributed by atoms with van der Waals surface area (Å²) in [7, 11) is 0. The van der Waals surface area contributed by atoms with E-state index in [-0.39, 0.29) is 11.8 Å². The third-order valence-corrected chi connectivity index (χ3v) is 2.91. The van der Waals surface area contributed by atoms with Gasteiger partial charge in [0.25, 0.3) is 0 Å². The summed E-state index contributed by atoms with van der Waals surface area (Å²) in [5, 5.41) is 0. The molecule has 0 saturated carbocycles. The van der Waals surface area contributed by atoms with Gasteiger partial charge in [-0.15, -0.1) is 25.0 Å². The highest BCUT2D eigenvalue weighted by molar-refractivity contribution is 7.80. The van der Waals surface area contributed by atoms with Crippen LogP contribution in [0.2, 0.25) is 0 Å². The molecule has 1 fully saturated rings. The number of rotatable bonds is 1. The van der Waals surface area contributed by atoms with Crippen LogP contribution < -0.4 is 4.90 Å². The van der Waals surface area contributed by atoms with Crippen LogP contribution in [0.15, 0.2) is 29.2 Å². The van der Waals surface area contributed by atoms with E-state index in [2.05, 4.69) is 18.5 Å². The number of nitrogens with zero attached hydrogens (tertiary/aromatic N) is 1. The van der Waals surface area contributed by atoms with E-state index in [1.807, 2.05) is 24.3 Å². The molecule has 2 rings (SSSR count). The Balaban J connectivity index is 2.30. The molecular formula is C12H11NOS. The van der Waals surface area contributed by atoms with Crippen molar-refractivity contribution in [3.8, 4) is 12.3 Å². The third-order valence-electron chi connectivity index (χ3n) is 2.53. The summed E-state index contributed by atoms with van der Waals surface area (Å²) in [6.45, 7) is 0.604. The van der Waals surface area contributed by atoms with Gasteiger partial charge in [-0.3, -0.25) is 4.79 Å². The SMILES string of the molecule is C#CC1CC(=O)N(c2ccccc2S)C1. The molecule has 1 aliphatic rings. The van der Waals surface area contributed by atoms with Gasteiger partial charge in [0.15, 0.2) is 0 Å². The van der Waals surface area contributed by atoms with Crippen LogP contribution in [-0.2, 0) is 4.79 Å². The molecule has 0 radical (unpaired) electrons. The second-order valence-electron chi connectivity index (χ2n) is 3.56. The fourth-order valence-electron chi connectivity index (χ4n) is 1.74. The molecule has 0 aromatic heterocycles. The number of para-hydroxylation sites is 1. The van der Waals surface area contributed by atoms with Gasteiger partial charge in [-0.1, -0.05) is 12.1 Å². The number of thiol groups is 1. The maximum absolute atomic E-state index is 11.7. The smallest absolute Gasteiger partial charge is 0.228 e. The maximum Gasteiger partial charge on any atom is 0.228 e. The van der Waals surface area contributed by atoms with Crippen molar-refractivity contribution in [2.45, 2.75) is 11.3 Å². The number of hydrogen-bond donors (Lipinski definition) is 1. The highest BCUT2D eigenvalue weighted by Crippen LogP contribution is 2.29. The summed E-state index contributed by atoms with van der Waals surface area (Å²) in [5.41, 5.74) is 0.851. The summed E-state index contributed by atoms with van der Waals surface area (Å²) in [6.07, 6.45) is 5.77. The van der Waals surface area contributed by atoms with Gasteiger partial charge in [-0.2, -0.15) is 0 Å². The number of terminal acetylenes is 1. The molecule has 0 N–H and O–H groups in total. The summed E-state index contributed by atoms with van der Waals surface area (Å²) < 4.78 is 0. The van der Waals surface area contributed by atoms with E-state index in [9.17, 15) is 4.79 Å². The average molecular weight is 217 g/mol. The first-order valence-corrected chi connectivity index (χ1v) is 5.21. The van der Waals surface area contributed by atoms with E-state index in [0.29, 0.717) is 13.0 Å². The van der Waals surface area contributed by atoms with Crippen LogP contribution in [0.4, 0.5) is 5.69 Å². The molecule has 1 atom stereocenters. The lowest BCUT2D eigenvalue weighted by atomic mass is 10.1. The first-order chi connectivity index (χ1) is 7.22. The Morgan fingerprint density at radius 3 is 2.80 bits per heavy atom. The second-order valence-corrected chi connectivity index (χ2v) is 4.04. The fourth-order valence-corrected chi connectivity index (χ4v) is 2.03. The average Bonchev–Trinajstić information content (AvgIpc) is 2.60. The number of carbonyl (C=O) groups excluding carboxylic acids is 1. The van der Waals surface area contributed by atoms with Gasteiger partial charge in [0.1, 0.15) is 0 Å². The number of carbonyl (C=O) groups is 1. The predicted octanol–water partition coefficient (Wildman–Crippen LogP) is 1.96. The van der Waals surface area contributed by atoms with Gasteiger partial charge >= 0.3 is 0 Å². The first kappa shape index (κ1) is 10.1. The number of anilines is 1. The highest BCUT2D eigenvalue weighted by atomic mass is 32.1. The van der Waals surface area contributed by atoms with Crippen LogP contribution in [0.1, 0.15) is 6.42 Å². The van der Waals surface area contributed by atoms with Crippen LogP contribution in [-0.4, -0.2) is 12.5 Å². The van der Waals surface area contributed by atoms with Crippen LogP contribution in [0.5, 0.6) is 0 Å². The fraction of sp³-hybridized carbons (Fsp3) is 0.250. The Bertz CT molecular complexity index is 435. The van der Waals surface area contributed by atoms with Gasteiger partial charge < -0.3 is 4.90 Å². The molecule has 2 nitrogen and oxygen atoms in total. The van der Waals surface area contributed by atoms with Crippen LogP contribution in [0, 0.1) is 18.3 Å². The third kappa shape index (κ3) is 1.86. The molecule has 1 aromatic rings. The molecule has 76 valence electrons.